The van der Waals surface area contributed by atoms with Crippen LogP contribution in [-0.4, -0.2) is 38.2 Å². The van der Waals surface area contributed by atoms with E-state index in [2.05, 4.69) is 10.6 Å². The molecule has 0 saturated heterocycles. The molecule has 8 N–H and O–H groups in total. The number of hydrogen-bond donors (Lipinski definition) is 6. The fraction of sp³-hybridized carbons (Fsp3) is 0.259. The Bertz CT molecular complexity index is 1210. The van der Waals surface area contributed by atoms with Gasteiger partial charge >= 0.3 is 0 Å². The maximum Gasteiger partial charge on any atom is 0.185 e. The van der Waals surface area contributed by atoms with Crippen LogP contribution in [0.1, 0.15) is 18.4 Å². The molecule has 0 radical (unpaired) electrons. The van der Waals surface area contributed by atoms with Crippen LogP contribution in [0, 0.1) is 35.2 Å². The third kappa shape index (κ3) is 7.79. The summed E-state index contributed by atoms with van der Waals surface area (Å²) < 4.78 is 54.0. The molecule has 0 aliphatic carbocycles. The van der Waals surface area contributed by atoms with Gasteiger partial charge in [0, 0.05) is 30.3 Å². The molecule has 0 fully saturated rings. The highest BCUT2D eigenvalue weighted by atomic mass is 19.2. The molecule has 0 bridgehead atoms. The van der Waals surface area contributed by atoms with Crippen molar-refractivity contribution in [3.05, 3.63) is 71.5 Å². The zero-order valence-electron chi connectivity index (χ0n) is 21.0. The molecule has 8 nitrogen and oxygen atoms in total. The summed E-state index contributed by atoms with van der Waals surface area (Å²) in [7, 11) is 0. The third-order valence-electron chi connectivity index (χ3n) is 5.57. The molecule has 0 amide bonds. The van der Waals surface area contributed by atoms with Crippen molar-refractivity contribution in [2.75, 3.05) is 26.3 Å². The SMILES string of the molecule is Cc1cc(-c2cc(-c3ccc(F)c(F)c3)c(OCCCNC(=N)N)cc2OCCCNC(=N)N)ccc1F. The predicted molar refractivity (Wildman–Crippen MR) is 142 cm³/mol. The highest BCUT2D eigenvalue weighted by Gasteiger charge is 2.18. The van der Waals surface area contributed by atoms with Crippen molar-refractivity contribution in [2.24, 2.45) is 11.5 Å². The largest absolute Gasteiger partial charge is 0.493 e. The van der Waals surface area contributed by atoms with E-state index in [9.17, 15) is 13.2 Å². The topological polar surface area (TPSA) is 142 Å². The molecule has 11 heteroatoms. The highest BCUT2D eigenvalue weighted by Crippen LogP contribution is 2.42. The van der Waals surface area contributed by atoms with E-state index >= 15 is 0 Å². The first-order valence-electron chi connectivity index (χ1n) is 12.0. The van der Waals surface area contributed by atoms with Gasteiger partial charge in [-0.1, -0.05) is 12.1 Å². The molecule has 3 rings (SSSR count). The maximum absolute atomic E-state index is 14.2. The number of aryl methyl sites for hydroxylation is 1. The smallest absolute Gasteiger partial charge is 0.185 e. The standard InChI is InChI=1S/C27H31F3N6O2/c1-16-12-17(4-6-21(16)28)19-14-20(18-5-7-22(29)23(30)13-18)25(38-11-3-9-36-27(33)34)15-24(19)37-10-2-8-35-26(31)32/h4-7,12-15H,2-3,8-11H2,1H3,(H4,31,32,35)(H4,33,34,36). The summed E-state index contributed by atoms with van der Waals surface area (Å²) in [6.45, 7) is 3.01. The minimum absolute atomic E-state index is 0.140. The number of benzene rings is 3. The third-order valence-corrected chi connectivity index (χ3v) is 5.57. The lowest BCUT2D eigenvalue weighted by Crippen LogP contribution is -2.31. The summed E-state index contributed by atoms with van der Waals surface area (Å²) in [6.07, 6.45) is 1.06. The number of guanidine groups is 2. The van der Waals surface area contributed by atoms with E-state index in [0.717, 1.165) is 12.1 Å². The van der Waals surface area contributed by atoms with Gasteiger partial charge in [0.15, 0.2) is 23.6 Å². The molecule has 3 aromatic rings. The summed E-state index contributed by atoms with van der Waals surface area (Å²) in [5.41, 5.74) is 13.2. The van der Waals surface area contributed by atoms with Crippen LogP contribution in [-0.2, 0) is 0 Å². The fourth-order valence-corrected chi connectivity index (χ4v) is 3.68. The zero-order chi connectivity index (χ0) is 27.7. The molecule has 3 aromatic carbocycles. The zero-order valence-corrected chi connectivity index (χ0v) is 21.0. The van der Waals surface area contributed by atoms with E-state index in [-0.39, 0.29) is 31.0 Å². The molecule has 0 aliphatic rings. The number of nitrogens with two attached hydrogens (primary N) is 2. The van der Waals surface area contributed by atoms with Crippen molar-refractivity contribution in [1.29, 1.82) is 10.8 Å². The second-order valence-corrected chi connectivity index (χ2v) is 8.52. The van der Waals surface area contributed by atoms with Crippen LogP contribution in [0.2, 0.25) is 0 Å². The first-order valence-corrected chi connectivity index (χ1v) is 12.0. The van der Waals surface area contributed by atoms with Crippen molar-refractivity contribution in [3.63, 3.8) is 0 Å². The van der Waals surface area contributed by atoms with Gasteiger partial charge in [0.1, 0.15) is 17.3 Å². The van der Waals surface area contributed by atoms with Gasteiger partial charge in [-0.05, 0) is 66.8 Å². The van der Waals surface area contributed by atoms with Gasteiger partial charge in [-0.15, -0.1) is 0 Å². The van der Waals surface area contributed by atoms with E-state index in [0.29, 0.717) is 65.2 Å². The monoisotopic (exact) mass is 528 g/mol. The van der Waals surface area contributed by atoms with Crippen LogP contribution in [0.15, 0.2) is 48.5 Å². The van der Waals surface area contributed by atoms with E-state index in [4.69, 9.17) is 31.8 Å². The van der Waals surface area contributed by atoms with Gasteiger partial charge in [0.25, 0.3) is 0 Å². The Balaban J connectivity index is 2.02. The van der Waals surface area contributed by atoms with Crippen LogP contribution in [0.25, 0.3) is 22.3 Å². The van der Waals surface area contributed by atoms with Gasteiger partial charge in [0.05, 0.1) is 13.2 Å². The molecule has 0 aliphatic heterocycles. The van der Waals surface area contributed by atoms with Crippen LogP contribution in [0.5, 0.6) is 11.5 Å². The van der Waals surface area contributed by atoms with Crippen LogP contribution >= 0.6 is 0 Å². The van der Waals surface area contributed by atoms with Gasteiger partial charge in [0.2, 0.25) is 0 Å². The van der Waals surface area contributed by atoms with Gasteiger partial charge < -0.3 is 31.6 Å². The Labute approximate surface area is 219 Å². The van der Waals surface area contributed by atoms with Crippen LogP contribution < -0.4 is 31.6 Å². The number of ether oxygens (including phenoxy) is 2. The summed E-state index contributed by atoms with van der Waals surface area (Å²) in [5, 5.41) is 19.9. The molecule has 0 aromatic heterocycles. The van der Waals surface area contributed by atoms with Gasteiger partial charge in [-0.2, -0.15) is 0 Å². The molecular weight excluding hydrogens is 497 g/mol. The molecule has 0 saturated carbocycles. The maximum atomic E-state index is 14.2. The first-order chi connectivity index (χ1) is 18.2. The second kappa shape index (κ2) is 13.2. The average molecular weight is 529 g/mol. The van der Waals surface area contributed by atoms with Crippen molar-refractivity contribution < 1.29 is 22.6 Å². The second-order valence-electron chi connectivity index (χ2n) is 8.52. The molecule has 202 valence electrons. The van der Waals surface area contributed by atoms with E-state index in [1.165, 1.54) is 12.1 Å². The molecule has 38 heavy (non-hydrogen) atoms. The van der Waals surface area contributed by atoms with Crippen LogP contribution in [0.3, 0.4) is 0 Å². The van der Waals surface area contributed by atoms with E-state index in [1.807, 2.05) is 0 Å². The Morgan fingerprint density at radius 3 is 1.68 bits per heavy atom. The van der Waals surface area contributed by atoms with Crippen molar-refractivity contribution >= 4 is 11.9 Å². The number of rotatable bonds is 12. The fourth-order valence-electron chi connectivity index (χ4n) is 3.68. The lowest BCUT2D eigenvalue weighted by molar-refractivity contribution is 0.297. The van der Waals surface area contributed by atoms with Gasteiger partial charge in [-0.3, -0.25) is 10.8 Å². The summed E-state index contributed by atoms with van der Waals surface area (Å²) in [6, 6.07) is 11.6. The number of hydrogen-bond acceptors (Lipinski definition) is 4. The van der Waals surface area contributed by atoms with Crippen LogP contribution in [0.4, 0.5) is 13.2 Å². The summed E-state index contributed by atoms with van der Waals surface area (Å²) >= 11 is 0. The highest BCUT2D eigenvalue weighted by molar-refractivity contribution is 5.82. The lowest BCUT2D eigenvalue weighted by atomic mass is 9.96. The first kappa shape index (κ1) is 28.2. The van der Waals surface area contributed by atoms with E-state index in [1.54, 1.807) is 31.2 Å². The molecular formula is C27H31F3N6O2. The minimum atomic E-state index is -1.00. The molecule has 0 spiro atoms. The number of halogens is 3. The molecule has 0 unspecified atom stereocenters. The van der Waals surface area contributed by atoms with Crippen molar-refractivity contribution in [3.8, 4) is 33.8 Å². The molecule has 0 heterocycles. The van der Waals surface area contributed by atoms with Crippen molar-refractivity contribution in [2.45, 2.75) is 19.8 Å². The Hall–Kier alpha value is -4.41. The quantitative estimate of drug-likeness (QED) is 0.118. The Morgan fingerprint density at radius 2 is 1.21 bits per heavy atom. The van der Waals surface area contributed by atoms with E-state index < -0.39 is 11.6 Å². The average Bonchev–Trinajstić information content (AvgIpc) is 2.86. The Morgan fingerprint density at radius 1 is 0.711 bits per heavy atom. The Kier molecular flexibility index (Phi) is 9.80. The lowest BCUT2D eigenvalue weighted by Gasteiger charge is -2.19. The predicted octanol–water partition coefficient (Wildman–Crippen LogP) is 4.25. The van der Waals surface area contributed by atoms with Gasteiger partial charge in [-0.25, -0.2) is 13.2 Å². The molecule has 0 atom stereocenters. The summed E-state index contributed by atoms with van der Waals surface area (Å²) in [4.78, 5) is 0. The number of nitrogens with one attached hydrogen (secondary N) is 4. The normalized spacial score (nSPS) is 10.6. The minimum Gasteiger partial charge on any atom is -0.493 e. The summed E-state index contributed by atoms with van der Waals surface area (Å²) in [5.74, 6) is -1.80. The van der Waals surface area contributed by atoms with Crippen molar-refractivity contribution in [1.82, 2.24) is 10.6 Å².